The Morgan fingerprint density at radius 2 is 2.05 bits per heavy atom. The van der Waals surface area contributed by atoms with Gasteiger partial charge in [0.1, 0.15) is 0 Å². The van der Waals surface area contributed by atoms with E-state index in [9.17, 15) is 4.79 Å². The van der Waals surface area contributed by atoms with E-state index < -0.39 is 0 Å². The van der Waals surface area contributed by atoms with Crippen molar-refractivity contribution >= 4 is 52.2 Å². The van der Waals surface area contributed by atoms with E-state index in [-0.39, 0.29) is 5.97 Å². The number of hydrogen-bond donors (Lipinski definition) is 2. The maximum absolute atomic E-state index is 10.9. The van der Waals surface area contributed by atoms with Crippen molar-refractivity contribution in [3.63, 3.8) is 0 Å². The van der Waals surface area contributed by atoms with Gasteiger partial charge >= 0.3 is 5.97 Å². The lowest BCUT2D eigenvalue weighted by atomic mass is 10.2. The highest BCUT2D eigenvalue weighted by Gasteiger charge is 2.05. The van der Waals surface area contributed by atoms with Crippen LogP contribution in [0.4, 0.5) is 5.69 Å². The number of esters is 1. The Balaban J connectivity index is 2.20. The van der Waals surface area contributed by atoms with Crippen molar-refractivity contribution in [2.45, 2.75) is 25.7 Å². The lowest BCUT2D eigenvalue weighted by Crippen LogP contribution is -2.29. The molecule has 0 saturated carbocycles. The first kappa shape index (κ1) is 18.0. The molecule has 0 aliphatic carbocycles. The van der Waals surface area contributed by atoms with Gasteiger partial charge < -0.3 is 15.4 Å². The van der Waals surface area contributed by atoms with E-state index in [4.69, 9.17) is 35.4 Å². The molecule has 1 rings (SSSR count). The number of unbranched alkanes of at least 4 members (excludes halogenated alkanes) is 2. The number of ether oxygens (including phenoxy) is 1. The van der Waals surface area contributed by atoms with Crippen molar-refractivity contribution in [2.24, 2.45) is 0 Å². The number of carbonyl (C=O) groups is 1. The lowest BCUT2D eigenvalue weighted by Gasteiger charge is -2.12. The molecule has 0 atom stereocenters. The van der Waals surface area contributed by atoms with Crippen LogP contribution in [0.5, 0.6) is 0 Å². The van der Waals surface area contributed by atoms with Gasteiger partial charge in [-0.3, -0.25) is 4.79 Å². The van der Waals surface area contributed by atoms with E-state index in [1.54, 1.807) is 18.2 Å². The molecule has 0 aliphatic heterocycles. The summed E-state index contributed by atoms with van der Waals surface area (Å²) in [4.78, 5) is 10.9. The molecule has 1 aromatic rings. The largest absolute Gasteiger partial charge is 0.469 e. The summed E-state index contributed by atoms with van der Waals surface area (Å²) in [6.07, 6.45) is 3.12. The van der Waals surface area contributed by atoms with Gasteiger partial charge in [0.25, 0.3) is 0 Å². The number of nitrogens with one attached hydrogen (secondary N) is 2. The topological polar surface area (TPSA) is 50.4 Å². The van der Waals surface area contributed by atoms with Gasteiger partial charge in [-0.25, -0.2) is 0 Å². The Morgan fingerprint density at radius 3 is 2.76 bits per heavy atom. The average molecular weight is 349 g/mol. The van der Waals surface area contributed by atoms with Gasteiger partial charge in [-0.05, 0) is 37.2 Å². The molecule has 0 amide bonds. The molecule has 4 nitrogen and oxygen atoms in total. The second-order valence-corrected chi connectivity index (χ2v) is 5.56. The van der Waals surface area contributed by atoms with Crippen LogP contribution in [0.25, 0.3) is 0 Å². The van der Waals surface area contributed by atoms with Gasteiger partial charge in [0.15, 0.2) is 5.11 Å². The van der Waals surface area contributed by atoms with Crippen LogP contribution >= 0.6 is 35.4 Å². The first-order valence-electron chi connectivity index (χ1n) is 6.60. The van der Waals surface area contributed by atoms with Crippen LogP contribution in [0.1, 0.15) is 25.7 Å². The molecule has 0 heterocycles. The number of benzene rings is 1. The van der Waals surface area contributed by atoms with Crippen LogP contribution in [0, 0.1) is 0 Å². The fraction of sp³-hybridized carbons (Fsp3) is 0.429. The quantitative estimate of drug-likeness (QED) is 0.442. The zero-order valence-corrected chi connectivity index (χ0v) is 14.1. The van der Waals surface area contributed by atoms with Crippen LogP contribution in [0.2, 0.25) is 10.0 Å². The minimum absolute atomic E-state index is 0.171. The van der Waals surface area contributed by atoms with Crippen molar-refractivity contribution in [3.05, 3.63) is 28.2 Å². The highest BCUT2D eigenvalue weighted by atomic mass is 35.5. The minimum Gasteiger partial charge on any atom is -0.469 e. The standard InChI is InChI=1S/C14H18Cl2N2O2S/c1-20-12(19)8-3-2-4-9-17-14(21)18-11-7-5-6-10(15)13(11)16/h5-7H,2-4,8-9H2,1H3,(H2,17,18,21). The smallest absolute Gasteiger partial charge is 0.305 e. The monoisotopic (exact) mass is 348 g/mol. The van der Waals surface area contributed by atoms with Crippen molar-refractivity contribution in [1.29, 1.82) is 0 Å². The molecule has 0 bridgehead atoms. The molecule has 0 spiro atoms. The molecule has 0 saturated heterocycles. The van der Waals surface area contributed by atoms with Crippen molar-refractivity contribution in [2.75, 3.05) is 19.0 Å². The maximum atomic E-state index is 10.9. The van der Waals surface area contributed by atoms with Crippen LogP contribution in [-0.4, -0.2) is 24.7 Å². The third-order valence-electron chi connectivity index (χ3n) is 2.77. The Kier molecular flexibility index (Phi) is 8.42. The molecule has 116 valence electrons. The third-order valence-corrected chi connectivity index (χ3v) is 3.84. The van der Waals surface area contributed by atoms with Gasteiger partial charge in [-0.2, -0.15) is 0 Å². The van der Waals surface area contributed by atoms with Crippen LogP contribution in [0.15, 0.2) is 18.2 Å². The molecule has 0 fully saturated rings. The normalized spacial score (nSPS) is 10.0. The number of carbonyl (C=O) groups excluding carboxylic acids is 1. The molecule has 2 N–H and O–H groups in total. The number of methoxy groups -OCH3 is 1. The maximum Gasteiger partial charge on any atom is 0.305 e. The van der Waals surface area contributed by atoms with Gasteiger partial charge in [-0.1, -0.05) is 35.7 Å². The molecule has 7 heteroatoms. The molecule has 1 aromatic carbocycles. The summed E-state index contributed by atoms with van der Waals surface area (Å²) in [6.45, 7) is 0.727. The van der Waals surface area contributed by atoms with E-state index >= 15 is 0 Å². The van der Waals surface area contributed by atoms with Crippen molar-refractivity contribution in [1.82, 2.24) is 5.32 Å². The first-order valence-corrected chi connectivity index (χ1v) is 7.76. The molecule has 0 radical (unpaired) electrons. The summed E-state index contributed by atoms with van der Waals surface area (Å²) in [6, 6.07) is 5.32. The van der Waals surface area contributed by atoms with Crippen molar-refractivity contribution in [3.8, 4) is 0 Å². The molecule has 21 heavy (non-hydrogen) atoms. The molecule has 0 aliphatic rings. The fourth-order valence-corrected chi connectivity index (χ4v) is 2.20. The summed E-state index contributed by atoms with van der Waals surface area (Å²) >= 11 is 17.2. The highest BCUT2D eigenvalue weighted by Crippen LogP contribution is 2.29. The predicted molar refractivity (Wildman–Crippen MR) is 91.2 cm³/mol. The Hall–Kier alpha value is -1.04. The predicted octanol–water partition coefficient (Wildman–Crippen LogP) is 4.01. The summed E-state index contributed by atoms with van der Waals surface area (Å²) < 4.78 is 4.57. The van der Waals surface area contributed by atoms with E-state index in [1.165, 1.54) is 7.11 Å². The summed E-state index contributed by atoms with van der Waals surface area (Å²) in [5, 5.41) is 7.50. The van der Waals surface area contributed by atoms with E-state index in [2.05, 4.69) is 15.4 Å². The van der Waals surface area contributed by atoms with Gasteiger partial charge in [-0.15, -0.1) is 0 Å². The number of anilines is 1. The highest BCUT2D eigenvalue weighted by molar-refractivity contribution is 7.80. The number of thiocarbonyl (C=S) groups is 1. The number of hydrogen-bond acceptors (Lipinski definition) is 3. The number of halogens is 2. The molecular weight excluding hydrogens is 331 g/mol. The number of rotatable bonds is 7. The summed E-state index contributed by atoms with van der Waals surface area (Å²) in [7, 11) is 1.40. The summed E-state index contributed by atoms with van der Waals surface area (Å²) in [5.74, 6) is -0.171. The Morgan fingerprint density at radius 1 is 1.29 bits per heavy atom. The second-order valence-electron chi connectivity index (χ2n) is 4.37. The SMILES string of the molecule is COC(=O)CCCCCNC(=S)Nc1cccc(Cl)c1Cl. The van der Waals surface area contributed by atoms with Crippen molar-refractivity contribution < 1.29 is 9.53 Å². The van der Waals surface area contributed by atoms with E-state index in [0.717, 1.165) is 25.8 Å². The van der Waals surface area contributed by atoms with Gasteiger partial charge in [0.05, 0.1) is 22.8 Å². The van der Waals surface area contributed by atoms with Crippen LogP contribution in [-0.2, 0) is 9.53 Å². The third kappa shape index (κ3) is 6.98. The second kappa shape index (κ2) is 9.82. The van der Waals surface area contributed by atoms with Gasteiger partial charge in [0.2, 0.25) is 0 Å². The van der Waals surface area contributed by atoms with Crippen LogP contribution < -0.4 is 10.6 Å². The van der Waals surface area contributed by atoms with E-state index in [0.29, 0.717) is 27.3 Å². The molecular formula is C14H18Cl2N2O2S. The van der Waals surface area contributed by atoms with E-state index in [1.807, 2.05) is 0 Å². The summed E-state index contributed by atoms with van der Waals surface area (Å²) in [5.41, 5.74) is 0.673. The Bertz CT molecular complexity index is 498. The van der Waals surface area contributed by atoms with Crippen LogP contribution in [0.3, 0.4) is 0 Å². The lowest BCUT2D eigenvalue weighted by molar-refractivity contribution is -0.140. The zero-order chi connectivity index (χ0) is 15.7. The Labute approximate surface area is 140 Å². The minimum atomic E-state index is -0.171. The average Bonchev–Trinajstić information content (AvgIpc) is 2.47. The zero-order valence-electron chi connectivity index (χ0n) is 11.7. The fourth-order valence-electron chi connectivity index (χ4n) is 1.64. The molecule has 0 aromatic heterocycles. The van der Waals surface area contributed by atoms with Gasteiger partial charge in [0, 0.05) is 13.0 Å². The first-order chi connectivity index (χ1) is 10.0. The molecule has 0 unspecified atom stereocenters.